The summed E-state index contributed by atoms with van der Waals surface area (Å²) in [5, 5.41) is 2.68. The number of sulfonamides is 1. The van der Waals surface area contributed by atoms with Crippen LogP contribution in [0.4, 0.5) is 15.9 Å². The molecule has 2 bridgehead atoms. The number of sulfone groups is 1. The lowest BCUT2D eigenvalue weighted by molar-refractivity contribution is 0.0326. The summed E-state index contributed by atoms with van der Waals surface area (Å²) in [7, 11) is -6.76. The van der Waals surface area contributed by atoms with Crippen molar-refractivity contribution in [2.45, 2.75) is 80.2 Å². The Bertz CT molecular complexity index is 1330. The van der Waals surface area contributed by atoms with Gasteiger partial charge in [-0.1, -0.05) is 6.42 Å². The Morgan fingerprint density at radius 3 is 2.34 bits per heavy atom. The van der Waals surface area contributed by atoms with E-state index in [2.05, 4.69) is 15.3 Å². The fourth-order valence-electron chi connectivity index (χ4n) is 5.13. The Hall–Kier alpha value is -2.31. The third kappa shape index (κ3) is 4.88. The highest BCUT2D eigenvalue weighted by molar-refractivity contribution is 7.90. The molecule has 2 aromatic rings. The van der Waals surface area contributed by atoms with Crippen LogP contribution in [0.15, 0.2) is 29.4 Å². The molecule has 1 saturated carbocycles. The SMILES string of the molecule is Cc1c(Nc2ccc(S(C)(=O)=O)cc2F)ncnc1OC1CC2CCCC(C1)N2S(=O)(=O)C1CC1. The molecule has 12 heteroatoms. The van der Waals surface area contributed by atoms with Gasteiger partial charge in [-0.05, 0) is 50.8 Å². The minimum absolute atomic E-state index is 0.0553. The number of hydrogen-bond donors (Lipinski definition) is 1. The zero-order valence-electron chi connectivity index (χ0n) is 19.6. The fourth-order valence-corrected chi connectivity index (χ4v) is 8.05. The molecule has 2 unspecified atom stereocenters. The summed E-state index contributed by atoms with van der Waals surface area (Å²) in [6.07, 6.45) is 7.57. The third-order valence-electron chi connectivity index (χ3n) is 7.04. The average molecular weight is 525 g/mol. The molecule has 1 N–H and O–H groups in total. The van der Waals surface area contributed by atoms with E-state index in [1.165, 1.54) is 18.5 Å². The Labute approximate surface area is 205 Å². The van der Waals surface area contributed by atoms with Crippen LogP contribution in [0.5, 0.6) is 5.88 Å². The summed E-state index contributed by atoms with van der Waals surface area (Å²) in [5.41, 5.74) is 0.663. The minimum Gasteiger partial charge on any atom is -0.474 e. The summed E-state index contributed by atoms with van der Waals surface area (Å²) < 4.78 is 71.9. The molecule has 35 heavy (non-hydrogen) atoms. The van der Waals surface area contributed by atoms with Crippen molar-refractivity contribution in [3.63, 3.8) is 0 Å². The number of nitrogens with zero attached hydrogens (tertiary/aromatic N) is 3. The van der Waals surface area contributed by atoms with Crippen molar-refractivity contribution in [2.24, 2.45) is 0 Å². The normalized spacial score (nSPS) is 25.3. The summed E-state index contributed by atoms with van der Waals surface area (Å²) in [4.78, 5) is 8.35. The van der Waals surface area contributed by atoms with Gasteiger partial charge in [0.15, 0.2) is 9.84 Å². The number of ether oxygens (including phenoxy) is 1. The van der Waals surface area contributed by atoms with Crippen LogP contribution in [-0.2, 0) is 19.9 Å². The van der Waals surface area contributed by atoms with E-state index < -0.39 is 25.7 Å². The van der Waals surface area contributed by atoms with Gasteiger partial charge in [0.1, 0.15) is 24.1 Å². The third-order valence-corrected chi connectivity index (χ3v) is 10.6. The summed E-state index contributed by atoms with van der Waals surface area (Å²) in [6, 6.07) is 3.54. The smallest absolute Gasteiger partial charge is 0.221 e. The van der Waals surface area contributed by atoms with Crippen molar-refractivity contribution in [1.29, 1.82) is 0 Å². The molecule has 0 radical (unpaired) electrons. The molecule has 3 fully saturated rings. The number of halogens is 1. The van der Waals surface area contributed by atoms with Crippen LogP contribution in [0.3, 0.4) is 0 Å². The standard InChI is InChI=1S/C23H29FN4O5S2/c1-14-22(27-21-9-8-19(12-20(21)24)34(2,29)30)25-13-26-23(14)33-17-10-15-4-3-5-16(11-17)28(15)35(31,32)18-6-7-18/h8-9,12-13,15-18H,3-7,10-11H2,1-2H3,(H,25,26,27). The summed E-state index contributed by atoms with van der Waals surface area (Å²) >= 11 is 0. The molecule has 2 saturated heterocycles. The molecule has 1 aromatic heterocycles. The van der Waals surface area contributed by atoms with Gasteiger partial charge in [0.05, 0.1) is 21.4 Å². The van der Waals surface area contributed by atoms with E-state index >= 15 is 0 Å². The summed E-state index contributed by atoms with van der Waals surface area (Å²) in [6.45, 7) is 1.76. The van der Waals surface area contributed by atoms with Crippen LogP contribution >= 0.6 is 0 Å². The highest BCUT2D eigenvalue weighted by atomic mass is 32.2. The second kappa shape index (κ2) is 8.97. The van der Waals surface area contributed by atoms with Gasteiger partial charge in [-0.2, -0.15) is 4.31 Å². The van der Waals surface area contributed by atoms with Crippen molar-refractivity contribution in [1.82, 2.24) is 14.3 Å². The molecule has 9 nitrogen and oxygen atoms in total. The van der Waals surface area contributed by atoms with Gasteiger partial charge in [0, 0.05) is 31.2 Å². The molecule has 1 aromatic carbocycles. The first kappa shape index (κ1) is 24.4. The largest absolute Gasteiger partial charge is 0.474 e. The van der Waals surface area contributed by atoms with Crippen LogP contribution in [0.25, 0.3) is 0 Å². The molecular formula is C23H29FN4O5S2. The second-order valence-corrected chi connectivity index (χ2v) is 13.8. The number of aromatic nitrogens is 2. The first-order valence-electron chi connectivity index (χ1n) is 11.8. The number of fused-ring (bicyclic) bond motifs is 2. The van der Waals surface area contributed by atoms with Crippen molar-refractivity contribution < 1.29 is 26.0 Å². The fraction of sp³-hybridized carbons (Fsp3) is 0.565. The Morgan fingerprint density at radius 2 is 1.74 bits per heavy atom. The lowest BCUT2D eigenvalue weighted by Gasteiger charge is -2.47. The van der Waals surface area contributed by atoms with E-state index in [1.807, 2.05) is 0 Å². The molecule has 2 aliphatic heterocycles. The molecule has 3 aliphatic rings. The highest BCUT2D eigenvalue weighted by Crippen LogP contribution is 2.42. The van der Waals surface area contributed by atoms with Gasteiger partial charge in [-0.25, -0.2) is 31.2 Å². The zero-order valence-corrected chi connectivity index (χ0v) is 21.3. The van der Waals surface area contributed by atoms with Gasteiger partial charge >= 0.3 is 0 Å². The van der Waals surface area contributed by atoms with Crippen LogP contribution in [0, 0.1) is 12.7 Å². The highest BCUT2D eigenvalue weighted by Gasteiger charge is 2.50. The molecule has 2 atom stereocenters. The quantitative estimate of drug-likeness (QED) is 0.586. The Morgan fingerprint density at radius 1 is 1.06 bits per heavy atom. The van der Waals surface area contributed by atoms with E-state index in [9.17, 15) is 21.2 Å². The first-order chi connectivity index (χ1) is 16.5. The zero-order chi connectivity index (χ0) is 25.0. The van der Waals surface area contributed by atoms with E-state index in [4.69, 9.17) is 4.74 Å². The van der Waals surface area contributed by atoms with Gasteiger partial charge in [-0.3, -0.25) is 0 Å². The molecule has 0 spiro atoms. The van der Waals surface area contributed by atoms with Crippen LogP contribution in [0.1, 0.15) is 50.5 Å². The lowest BCUT2D eigenvalue weighted by Crippen LogP contribution is -2.57. The molecule has 190 valence electrons. The monoisotopic (exact) mass is 524 g/mol. The van der Waals surface area contributed by atoms with Crippen LogP contribution in [-0.4, -0.2) is 60.8 Å². The van der Waals surface area contributed by atoms with Crippen molar-refractivity contribution >= 4 is 31.4 Å². The van der Waals surface area contributed by atoms with E-state index in [-0.39, 0.29) is 34.0 Å². The van der Waals surface area contributed by atoms with Gasteiger partial charge in [-0.15, -0.1) is 0 Å². The summed E-state index contributed by atoms with van der Waals surface area (Å²) in [5.74, 6) is -0.0161. The van der Waals surface area contributed by atoms with E-state index in [0.717, 1.165) is 44.4 Å². The molecule has 5 rings (SSSR count). The molecule has 3 heterocycles. The van der Waals surface area contributed by atoms with Crippen molar-refractivity contribution in [3.8, 4) is 5.88 Å². The first-order valence-corrected chi connectivity index (χ1v) is 15.2. The van der Waals surface area contributed by atoms with Crippen molar-refractivity contribution in [3.05, 3.63) is 35.9 Å². The molecule has 1 aliphatic carbocycles. The maximum atomic E-state index is 14.5. The Balaban J connectivity index is 1.32. The number of piperidine rings is 2. The minimum atomic E-state index is -3.52. The maximum Gasteiger partial charge on any atom is 0.221 e. The number of anilines is 2. The van der Waals surface area contributed by atoms with E-state index in [0.29, 0.717) is 30.1 Å². The van der Waals surface area contributed by atoms with Crippen LogP contribution < -0.4 is 10.1 Å². The Kier molecular flexibility index (Phi) is 6.25. The molecule has 0 amide bonds. The number of rotatable bonds is 7. The topological polar surface area (TPSA) is 119 Å². The average Bonchev–Trinajstić information content (AvgIpc) is 3.62. The van der Waals surface area contributed by atoms with Gasteiger partial charge in [0.25, 0.3) is 0 Å². The van der Waals surface area contributed by atoms with E-state index in [1.54, 1.807) is 11.2 Å². The maximum absolute atomic E-state index is 14.5. The van der Waals surface area contributed by atoms with Gasteiger partial charge in [0.2, 0.25) is 15.9 Å². The second-order valence-electron chi connectivity index (χ2n) is 9.72. The number of nitrogens with one attached hydrogen (secondary N) is 1. The molecular weight excluding hydrogens is 495 g/mol. The van der Waals surface area contributed by atoms with Gasteiger partial charge < -0.3 is 10.1 Å². The van der Waals surface area contributed by atoms with Crippen LogP contribution in [0.2, 0.25) is 0 Å². The van der Waals surface area contributed by atoms with Crippen molar-refractivity contribution in [2.75, 3.05) is 11.6 Å². The number of hydrogen-bond acceptors (Lipinski definition) is 8. The number of benzene rings is 1. The lowest BCUT2D eigenvalue weighted by atomic mass is 9.85. The predicted octanol–water partition coefficient (Wildman–Crippen LogP) is 3.33. The predicted molar refractivity (Wildman–Crippen MR) is 128 cm³/mol.